The summed E-state index contributed by atoms with van der Waals surface area (Å²) in [6, 6.07) is 9.90. The van der Waals surface area contributed by atoms with Crippen LogP contribution in [-0.2, 0) is 6.54 Å². The molecule has 1 N–H and O–H groups in total. The summed E-state index contributed by atoms with van der Waals surface area (Å²) in [4.78, 5) is 0. The summed E-state index contributed by atoms with van der Waals surface area (Å²) in [5.74, 6) is 1.04. The van der Waals surface area contributed by atoms with Crippen LogP contribution in [0.25, 0.3) is 0 Å². The van der Waals surface area contributed by atoms with E-state index in [1.807, 2.05) is 6.07 Å². The number of fused-ring (bicyclic) bond motifs is 1. The average molecular weight is 280 g/mol. The molecule has 0 fully saturated rings. The molecule has 0 saturated heterocycles. The molecule has 5 heteroatoms. The molecule has 1 aliphatic heterocycles. The molecule has 1 heterocycles. The first-order valence-corrected chi connectivity index (χ1v) is 6.17. The number of nitrogens with one attached hydrogen (secondary N) is 1. The van der Waals surface area contributed by atoms with Gasteiger partial charge in [0.15, 0.2) is 11.5 Å². The molecule has 3 nitrogen and oxygen atoms in total. The van der Waals surface area contributed by atoms with E-state index in [9.17, 15) is 4.39 Å². The van der Waals surface area contributed by atoms with Crippen LogP contribution in [0.4, 0.5) is 10.1 Å². The molecule has 0 saturated carbocycles. The van der Waals surface area contributed by atoms with Gasteiger partial charge in [0.1, 0.15) is 5.82 Å². The van der Waals surface area contributed by atoms with Crippen molar-refractivity contribution in [1.82, 2.24) is 0 Å². The van der Waals surface area contributed by atoms with E-state index in [0.29, 0.717) is 23.1 Å². The normalized spacial score (nSPS) is 12.5. The maximum atomic E-state index is 13.1. The van der Waals surface area contributed by atoms with Gasteiger partial charge in [-0.2, -0.15) is 0 Å². The Bertz CT molecular complexity index is 618. The lowest BCUT2D eigenvalue weighted by atomic mass is 10.2. The Balaban J connectivity index is 1.77. The summed E-state index contributed by atoms with van der Waals surface area (Å²) >= 11 is 6.13. The van der Waals surface area contributed by atoms with Crippen LogP contribution in [0, 0.1) is 5.82 Å². The SMILES string of the molecule is Fc1cccc(CNc2cc3c(cc2Cl)OCO3)c1. The van der Waals surface area contributed by atoms with Gasteiger partial charge in [-0.25, -0.2) is 4.39 Å². The topological polar surface area (TPSA) is 30.5 Å². The van der Waals surface area contributed by atoms with Crippen molar-refractivity contribution >= 4 is 17.3 Å². The van der Waals surface area contributed by atoms with E-state index in [0.717, 1.165) is 11.3 Å². The lowest BCUT2D eigenvalue weighted by Crippen LogP contribution is -2.00. The second-order valence-corrected chi connectivity index (χ2v) is 4.58. The average Bonchev–Trinajstić information content (AvgIpc) is 2.83. The zero-order valence-electron chi connectivity index (χ0n) is 9.95. The highest BCUT2D eigenvalue weighted by Gasteiger charge is 2.16. The van der Waals surface area contributed by atoms with E-state index in [1.165, 1.54) is 12.1 Å². The summed E-state index contributed by atoms with van der Waals surface area (Å²) in [6.45, 7) is 0.691. The standard InChI is InChI=1S/C14H11ClFNO2/c15-11-5-13-14(19-8-18-13)6-12(11)17-7-9-2-1-3-10(16)4-9/h1-6,17H,7-8H2. The first-order valence-electron chi connectivity index (χ1n) is 5.80. The Hall–Kier alpha value is -1.94. The molecular weight excluding hydrogens is 269 g/mol. The molecule has 0 spiro atoms. The minimum absolute atomic E-state index is 0.207. The van der Waals surface area contributed by atoms with E-state index in [4.69, 9.17) is 21.1 Å². The molecule has 98 valence electrons. The fourth-order valence-electron chi connectivity index (χ4n) is 1.90. The first-order chi connectivity index (χ1) is 9.22. The largest absolute Gasteiger partial charge is 0.454 e. The van der Waals surface area contributed by atoms with Crippen LogP contribution in [0.15, 0.2) is 36.4 Å². The number of rotatable bonds is 3. The van der Waals surface area contributed by atoms with Crippen molar-refractivity contribution < 1.29 is 13.9 Å². The number of ether oxygens (including phenoxy) is 2. The van der Waals surface area contributed by atoms with Gasteiger partial charge in [0, 0.05) is 18.7 Å². The van der Waals surface area contributed by atoms with Crippen molar-refractivity contribution in [3.8, 4) is 11.5 Å². The van der Waals surface area contributed by atoms with Gasteiger partial charge >= 0.3 is 0 Å². The van der Waals surface area contributed by atoms with E-state index in [1.54, 1.807) is 18.2 Å². The van der Waals surface area contributed by atoms with Crippen LogP contribution >= 0.6 is 11.6 Å². The van der Waals surface area contributed by atoms with Crippen molar-refractivity contribution in [2.24, 2.45) is 0 Å². The Kier molecular flexibility index (Phi) is 3.17. The van der Waals surface area contributed by atoms with Crippen LogP contribution in [0.5, 0.6) is 11.5 Å². The van der Waals surface area contributed by atoms with Gasteiger partial charge < -0.3 is 14.8 Å². The molecule has 19 heavy (non-hydrogen) atoms. The fourth-order valence-corrected chi connectivity index (χ4v) is 2.12. The molecule has 0 bridgehead atoms. The predicted molar refractivity (Wildman–Crippen MR) is 71.3 cm³/mol. The van der Waals surface area contributed by atoms with Gasteiger partial charge in [-0.15, -0.1) is 0 Å². The third kappa shape index (κ3) is 2.58. The lowest BCUT2D eigenvalue weighted by Gasteiger charge is -2.09. The summed E-state index contributed by atoms with van der Waals surface area (Å²) in [6.07, 6.45) is 0. The number of halogens is 2. The molecule has 0 aliphatic carbocycles. The molecule has 3 rings (SSSR count). The Labute approximate surface area is 114 Å². The summed E-state index contributed by atoms with van der Waals surface area (Å²) < 4.78 is 23.6. The third-order valence-electron chi connectivity index (χ3n) is 2.83. The Morgan fingerprint density at radius 1 is 1.16 bits per heavy atom. The van der Waals surface area contributed by atoms with Crippen LogP contribution < -0.4 is 14.8 Å². The maximum absolute atomic E-state index is 13.1. The van der Waals surface area contributed by atoms with Crippen LogP contribution in [0.1, 0.15) is 5.56 Å². The molecule has 0 amide bonds. The van der Waals surface area contributed by atoms with Crippen molar-refractivity contribution in [3.05, 3.63) is 52.8 Å². The Morgan fingerprint density at radius 2 is 1.95 bits per heavy atom. The zero-order valence-corrected chi connectivity index (χ0v) is 10.7. The smallest absolute Gasteiger partial charge is 0.231 e. The predicted octanol–water partition coefficient (Wildman–Crippen LogP) is 3.82. The third-order valence-corrected chi connectivity index (χ3v) is 3.15. The van der Waals surface area contributed by atoms with Crippen LogP contribution in [0.3, 0.4) is 0 Å². The minimum atomic E-state index is -0.254. The molecule has 0 atom stereocenters. The Morgan fingerprint density at radius 3 is 2.74 bits per heavy atom. The second-order valence-electron chi connectivity index (χ2n) is 4.17. The van der Waals surface area contributed by atoms with E-state index in [2.05, 4.69) is 5.32 Å². The van der Waals surface area contributed by atoms with Crippen molar-refractivity contribution in [3.63, 3.8) is 0 Å². The van der Waals surface area contributed by atoms with E-state index in [-0.39, 0.29) is 12.6 Å². The summed E-state index contributed by atoms with van der Waals surface area (Å²) in [5.41, 5.74) is 1.57. The highest BCUT2D eigenvalue weighted by atomic mass is 35.5. The lowest BCUT2D eigenvalue weighted by molar-refractivity contribution is 0.174. The molecule has 0 aromatic heterocycles. The monoisotopic (exact) mass is 279 g/mol. The van der Waals surface area contributed by atoms with Gasteiger partial charge in [-0.1, -0.05) is 23.7 Å². The molecule has 0 unspecified atom stereocenters. The zero-order chi connectivity index (χ0) is 13.2. The quantitative estimate of drug-likeness (QED) is 0.926. The van der Waals surface area contributed by atoms with Crippen LogP contribution in [-0.4, -0.2) is 6.79 Å². The maximum Gasteiger partial charge on any atom is 0.231 e. The number of hydrogen-bond acceptors (Lipinski definition) is 3. The van der Waals surface area contributed by atoms with Crippen LogP contribution in [0.2, 0.25) is 5.02 Å². The molecule has 0 radical (unpaired) electrons. The van der Waals surface area contributed by atoms with Gasteiger partial charge in [0.25, 0.3) is 0 Å². The highest BCUT2D eigenvalue weighted by Crippen LogP contribution is 2.39. The molecule has 2 aromatic rings. The van der Waals surface area contributed by atoms with E-state index < -0.39 is 0 Å². The van der Waals surface area contributed by atoms with Gasteiger partial charge in [-0.3, -0.25) is 0 Å². The van der Waals surface area contributed by atoms with Gasteiger partial charge in [-0.05, 0) is 17.7 Å². The fraction of sp³-hybridized carbons (Fsp3) is 0.143. The molecule has 1 aliphatic rings. The van der Waals surface area contributed by atoms with Gasteiger partial charge in [0.05, 0.1) is 10.7 Å². The highest BCUT2D eigenvalue weighted by molar-refractivity contribution is 6.33. The van der Waals surface area contributed by atoms with E-state index >= 15 is 0 Å². The van der Waals surface area contributed by atoms with Crippen molar-refractivity contribution in [2.75, 3.05) is 12.1 Å². The minimum Gasteiger partial charge on any atom is -0.454 e. The second kappa shape index (κ2) is 4.97. The number of anilines is 1. The number of benzene rings is 2. The summed E-state index contributed by atoms with van der Waals surface area (Å²) in [7, 11) is 0. The summed E-state index contributed by atoms with van der Waals surface area (Å²) in [5, 5.41) is 3.69. The molecule has 2 aromatic carbocycles. The van der Waals surface area contributed by atoms with Crippen molar-refractivity contribution in [1.29, 1.82) is 0 Å². The molecular formula is C14H11ClFNO2. The van der Waals surface area contributed by atoms with Gasteiger partial charge in [0.2, 0.25) is 6.79 Å². The van der Waals surface area contributed by atoms with Crippen molar-refractivity contribution in [2.45, 2.75) is 6.54 Å². The number of hydrogen-bond donors (Lipinski definition) is 1. The first kappa shape index (κ1) is 12.1.